The fourth-order valence-corrected chi connectivity index (χ4v) is 3.20. The first-order chi connectivity index (χ1) is 12.6. The van der Waals surface area contributed by atoms with E-state index < -0.39 is 0 Å². The number of carbonyl (C=O) groups is 1. The molecule has 1 aliphatic heterocycles. The van der Waals surface area contributed by atoms with Crippen LogP contribution in [0.15, 0.2) is 24.3 Å². The lowest BCUT2D eigenvalue weighted by molar-refractivity contribution is -0.124. The van der Waals surface area contributed by atoms with E-state index in [4.69, 9.17) is 9.47 Å². The van der Waals surface area contributed by atoms with Crippen molar-refractivity contribution in [2.75, 3.05) is 27.4 Å². The van der Waals surface area contributed by atoms with Crippen LogP contribution in [0.25, 0.3) is 0 Å². The second-order valence-electron chi connectivity index (χ2n) is 6.59. The fourth-order valence-electron chi connectivity index (χ4n) is 3.20. The maximum Gasteiger partial charge on any atom is 0.246 e. The molecule has 2 heterocycles. The van der Waals surface area contributed by atoms with Crippen LogP contribution in [0.3, 0.4) is 0 Å². The van der Waals surface area contributed by atoms with Gasteiger partial charge in [0.25, 0.3) is 0 Å². The van der Waals surface area contributed by atoms with Crippen LogP contribution in [0.5, 0.6) is 5.75 Å². The maximum atomic E-state index is 11.5. The molecule has 0 saturated heterocycles. The van der Waals surface area contributed by atoms with Crippen molar-refractivity contribution in [3.05, 3.63) is 46.8 Å². The number of hydrogen-bond donors (Lipinski definition) is 1. The van der Waals surface area contributed by atoms with Crippen LogP contribution >= 0.6 is 0 Å². The van der Waals surface area contributed by atoms with Crippen molar-refractivity contribution >= 4 is 5.91 Å². The predicted octanol–water partition coefficient (Wildman–Crippen LogP) is 1.48. The fraction of sp³-hybridized carbons (Fsp3) is 0.474. The summed E-state index contributed by atoms with van der Waals surface area (Å²) in [5.74, 6) is 0.803. The van der Waals surface area contributed by atoms with Gasteiger partial charge >= 0.3 is 0 Å². The number of hydrogen-bond acceptors (Lipinski definition) is 5. The summed E-state index contributed by atoms with van der Waals surface area (Å²) in [5, 5.41) is 7.39. The van der Waals surface area contributed by atoms with Gasteiger partial charge in [-0.1, -0.05) is 12.1 Å². The van der Waals surface area contributed by atoms with Gasteiger partial charge in [0, 0.05) is 32.3 Å². The van der Waals surface area contributed by atoms with Gasteiger partial charge in [-0.25, -0.2) is 0 Å². The topological polar surface area (TPSA) is 68.6 Å². The summed E-state index contributed by atoms with van der Waals surface area (Å²) in [5.41, 5.74) is 4.43. The highest BCUT2D eigenvalue weighted by molar-refractivity contribution is 5.77. The van der Waals surface area contributed by atoms with Crippen LogP contribution in [0, 0.1) is 6.92 Å². The van der Waals surface area contributed by atoms with E-state index in [-0.39, 0.29) is 12.5 Å². The van der Waals surface area contributed by atoms with Crippen molar-refractivity contribution < 1.29 is 14.3 Å². The second-order valence-corrected chi connectivity index (χ2v) is 6.59. The summed E-state index contributed by atoms with van der Waals surface area (Å²) in [6.45, 7) is 6.01. The van der Waals surface area contributed by atoms with E-state index in [1.807, 2.05) is 4.68 Å². The Morgan fingerprint density at radius 3 is 2.88 bits per heavy atom. The number of carbonyl (C=O) groups excluding carboxylic acids is 1. The van der Waals surface area contributed by atoms with Gasteiger partial charge in [-0.2, -0.15) is 5.10 Å². The summed E-state index contributed by atoms with van der Waals surface area (Å²) in [6, 6.07) is 8.39. The zero-order valence-corrected chi connectivity index (χ0v) is 15.6. The van der Waals surface area contributed by atoms with Crippen LogP contribution < -0.4 is 10.1 Å². The largest absolute Gasteiger partial charge is 0.496 e. The molecule has 7 heteroatoms. The number of ether oxygens (including phenoxy) is 2. The average molecular weight is 358 g/mol. The molecular formula is C19H26N4O3. The number of aryl methyl sites for hydroxylation is 1. The molecule has 1 N–H and O–H groups in total. The van der Waals surface area contributed by atoms with Crippen LogP contribution in [0.4, 0.5) is 0 Å². The Morgan fingerprint density at radius 1 is 1.27 bits per heavy atom. The summed E-state index contributed by atoms with van der Waals surface area (Å²) in [4.78, 5) is 13.9. The van der Waals surface area contributed by atoms with Gasteiger partial charge in [0.05, 0.1) is 31.6 Å². The lowest BCUT2D eigenvalue weighted by atomic mass is 10.1. The number of methoxy groups -OCH3 is 2. The third-order valence-electron chi connectivity index (χ3n) is 4.51. The molecule has 0 fully saturated rings. The first kappa shape index (κ1) is 18.4. The number of aromatic nitrogens is 2. The van der Waals surface area contributed by atoms with Gasteiger partial charge in [0.1, 0.15) is 12.4 Å². The molecule has 26 heavy (non-hydrogen) atoms. The molecule has 0 spiro atoms. The van der Waals surface area contributed by atoms with Gasteiger partial charge in [-0.3, -0.25) is 14.4 Å². The molecular weight excluding hydrogens is 332 g/mol. The number of benzene rings is 1. The molecule has 1 aliphatic rings. The van der Waals surface area contributed by atoms with Crippen LogP contribution in [0.2, 0.25) is 0 Å². The molecule has 1 aromatic heterocycles. The van der Waals surface area contributed by atoms with Crippen LogP contribution in [0.1, 0.15) is 22.5 Å². The van der Waals surface area contributed by atoms with Crippen LogP contribution in [-0.2, 0) is 35.7 Å². The summed E-state index contributed by atoms with van der Waals surface area (Å²) in [6.07, 6.45) is 0. The first-order valence-electron chi connectivity index (χ1n) is 8.76. The molecule has 0 unspecified atom stereocenters. The van der Waals surface area contributed by atoms with Crippen molar-refractivity contribution in [1.29, 1.82) is 0 Å². The Kier molecular flexibility index (Phi) is 5.90. The van der Waals surface area contributed by atoms with Gasteiger partial charge in [0.2, 0.25) is 5.91 Å². The van der Waals surface area contributed by atoms with E-state index >= 15 is 0 Å². The number of nitrogens with one attached hydrogen (secondary N) is 1. The zero-order chi connectivity index (χ0) is 18.5. The predicted molar refractivity (Wildman–Crippen MR) is 97.8 cm³/mol. The molecule has 0 saturated carbocycles. The molecule has 140 valence electrons. The Hall–Kier alpha value is -2.38. The minimum atomic E-state index is -0.133. The smallest absolute Gasteiger partial charge is 0.246 e. The van der Waals surface area contributed by atoms with Crippen molar-refractivity contribution in [3.8, 4) is 5.75 Å². The van der Waals surface area contributed by atoms with Gasteiger partial charge in [0.15, 0.2) is 0 Å². The van der Waals surface area contributed by atoms with E-state index in [9.17, 15) is 4.79 Å². The minimum absolute atomic E-state index is 0.0692. The lowest BCUT2D eigenvalue weighted by Gasteiger charge is -2.28. The van der Waals surface area contributed by atoms with Gasteiger partial charge in [-0.15, -0.1) is 0 Å². The van der Waals surface area contributed by atoms with Crippen molar-refractivity contribution in [2.24, 2.45) is 0 Å². The summed E-state index contributed by atoms with van der Waals surface area (Å²) >= 11 is 0. The van der Waals surface area contributed by atoms with Gasteiger partial charge in [-0.05, 0) is 24.6 Å². The normalized spacial score (nSPS) is 14.1. The first-order valence-corrected chi connectivity index (χ1v) is 8.76. The molecule has 1 aromatic carbocycles. The Balaban J connectivity index is 1.62. The monoisotopic (exact) mass is 358 g/mol. The maximum absolute atomic E-state index is 11.5. The molecule has 0 atom stereocenters. The average Bonchev–Trinajstić information content (AvgIpc) is 3.04. The highest BCUT2D eigenvalue weighted by atomic mass is 16.5. The Bertz CT molecular complexity index is 772. The second kappa shape index (κ2) is 8.33. The highest BCUT2D eigenvalue weighted by Gasteiger charge is 2.19. The number of rotatable bonds is 7. The lowest BCUT2D eigenvalue weighted by Crippen LogP contribution is -2.33. The minimum Gasteiger partial charge on any atom is -0.496 e. The molecule has 0 radical (unpaired) electrons. The van der Waals surface area contributed by atoms with E-state index in [1.165, 1.54) is 23.9 Å². The zero-order valence-electron chi connectivity index (χ0n) is 15.6. The van der Waals surface area contributed by atoms with Crippen molar-refractivity contribution in [1.82, 2.24) is 20.0 Å². The van der Waals surface area contributed by atoms with E-state index in [0.717, 1.165) is 37.6 Å². The van der Waals surface area contributed by atoms with Crippen molar-refractivity contribution in [2.45, 2.75) is 33.1 Å². The third-order valence-corrected chi connectivity index (χ3v) is 4.51. The Morgan fingerprint density at radius 2 is 2.12 bits per heavy atom. The SMILES string of the molecule is COCC(=O)NCc1cc2n(n1)CCN(Cc1ccc(C)cc1OC)C2. The number of nitrogens with zero attached hydrogens (tertiary/aromatic N) is 3. The molecule has 1 amide bonds. The molecule has 3 rings (SSSR count). The van der Waals surface area contributed by atoms with Crippen LogP contribution in [-0.4, -0.2) is 48.0 Å². The standard InChI is InChI=1S/C19H26N4O3/c1-14-4-5-15(18(8-14)26-3)11-22-6-7-23-17(12-22)9-16(21-23)10-20-19(24)13-25-2/h4-5,8-9H,6-7,10-13H2,1-3H3,(H,20,24). The molecule has 7 nitrogen and oxygen atoms in total. The van der Waals surface area contributed by atoms with E-state index in [1.54, 1.807) is 7.11 Å². The van der Waals surface area contributed by atoms with E-state index in [2.05, 4.69) is 46.5 Å². The summed E-state index contributed by atoms with van der Waals surface area (Å²) < 4.78 is 12.4. The van der Waals surface area contributed by atoms with E-state index in [0.29, 0.717) is 6.54 Å². The Labute approximate surface area is 153 Å². The third kappa shape index (κ3) is 4.42. The molecule has 0 bridgehead atoms. The molecule has 2 aromatic rings. The quantitative estimate of drug-likeness (QED) is 0.812. The number of amides is 1. The summed E-state index contributed by atoms with van der Waals surface area (Å²) in [7, 11) is 3.22. The molecule has 0 aliphatic carbocycles. The highest BCUT2D eigenvalue weighted by Crippen LogP contribution is 2.23. The van der Waals surface area contributed by atoms with Crippen molar-refractivity contribution in [3.63, 3.8) is 0 Å². The number of fused-ring (bicyclic) bond motifs is 1. The van der Waals surface area contributed by atoms with Gasteiger partial charge < -0.3 is 14.8 Å².